The molecule has 0 spiro atoms. The molecule has 0 saturated heterocycles. The lowest BCUT2D eigenvalue weighted by atomic mass is 10.0. The van der Waals surface area contributed by atoms with Crippen LogP contribution in [-0.2, 0) is 0 Å². The minimum Gasteiger partial charge on any atom is -0.423 e. The third-order valence-corrected chi connectivity index (χ3v) is 4.24. The number of nitriles is 1. The highest BCUT2D eigenvalue weighted by Crippen LogP contribution is 2.24. The average Bonchev–Trinajstić information content (AvgIpc) is 2.64. The molecule has 0 heterocycles. The molecular formula is C22H17NO2. The second-order valence-corrected chi connectivity index (χ2v) is 5.85. The van der Waals surface area contributed by atoms with E-state index in [1.807, 2.05) is 50.2 Å². The van der Waals surface area contributed by atoms with E-state index in [0.717, 1.165) is 22.3 Å². The molecule has 0 amide bonds. The Labute approximate surface area is 147 Å². The van der Waals surface area contributed by atoms with E-state index < -0.39 is 0 Å². The van der Waals surface area contributed by atoms with Gasteiger partial charge in [-0.15, -0.1) is 0 Å². The maximum absolute atomic E-state index is 12.4. The Morgan fingerprint density at radius 2 is 1.48 bits per heavy atom. The van der Waals surface area contributed by atoms with E-state index in [4.69, 9.17) is 10.00 Å². The van der Waals surface area contributed by atoms with Crippen molar-refractivity contribution in [3.05, 3.63) is 89.0 Å². The van der Waals surface area contributed by atoms with Crippen molar-refractivity contribution in [3.63, 3.8) is 0 Å². The molecule has 0 bridgehead atoms. The summed E-state index contributed by atoms with van der Waals surface area (Å²) in [6, 6.07) is 22.4. The fourth-order valence-electron chi connectivity index (χ4n) is 2.59. The Hall–Kier alpha value is -3.38. The Kier molecular flexibility index (Phi) is 4.63. The first-order valence-corrected chi connectivity index (χ1v) is 7.97. The molecule has 0 unspecified atom stereocenters. The van der Waals surface area contributed by atoms with Gasteiger partial charge in [-0.25, -0.2) is 4.79 Å². The van der Waals surface area contributed by atoms with Gasteiger partial charge in [0.1, 0.15) is 5.75 Å². The van der Waals surface area contributed by atoms with Crippen LogP contribution in [0.15, 0.2) is 66.7 Å². The summed E-state index contributed by atoms with van der Waals surface area (Å²) in [5, 5.41) is 8.85. The fraction of sp³-hybridized carbons (Fsp3) is 0.0909. The number of hydrogen-bond donors (Lipinski definition) is 0. The summed E-state index contributed by atoms with van der Waals surface area (Å²) in [5.41, 5.74) is 5.20. The van der Waals surface area contributed by atoms with Crippen molar-refractivity contribution in [3.8, 4) is 22.9 Å². The first-order valence-electron chi connectivity index (χ1n) is 7.97. The van der Waals surface area contributed by atoms with Gasteiger partial charge in [0, 0.05) is 0 Å². The van der Waals surface area contributed by atoms with Crippen molar-refractivity contribution in [2.24, 2.45) is 0 Å². The summed E-state index contributed by atoms with van der Waals surface area (Å²) in [4.78, 5) is 12.4. The number of benzene rings is 3. The molecule has 3 heteroatoms. The van der Waals surface area contributed by atoms with Crippen LogP contribution < -0.4 is 4.74 Å². The lowest BCUT2D eigenvalue weighted by molar-refractivity contribution is 0.0734. The van der Waals surface area contributed by atoms with Crippen LogP contribution >= 0.6 is 0 Å². The lowest BCUT2D eigenvalue weighted by Crippen LogP contribution is -2.10. The molecule has 0 radical (unpaired) electrons. The van der Waals surface area contributed by atoms with Gasteiger partial charge in [-0.05, 0) is 66.4 Å². The summed E-state index contributed by atoms with van der Waals surface area (Å²) < 4.78 is 5.48. The standard InChI is InChI=1S/C22H17NO2/c1-15-4-3-5-21(16(15)2)22(24)25-20-12-10-19(11-13-20)18-8-6-17(14-23)7-9-18/h3-13H,1-2H3. The number of esters is 1. The van der Waals surface area contributed by atoms with E-state index in [2.05, 4.69) is 6.07 Å². The van der Waals surface area contributed by atoms with Gasteiger partial charge in [-0.3, -0.25) is 0 Å². The third kappa shape index (κ3) is 3.59. The number of carbonyl (C=O) groups excluding carboxylic acids is 1. The summed E-state index contributed by atoms with van der Waals surface area (Å²) in [7, 11) is 0. The van der Waals surface area contributed by atoms with Gasteiger partial charge in [0.05, 0.1) is 17.2 Å². The van der Waals surface area contributed by atoms with Crippen LogP contribution in [0.25, 0.3) is 11.1 Å². The van der Waals surface area contributed by atoms with E-state index in [-0.39, 0.29) is 5.97 Å². The van der Waals surface area contributed by atoms with Crippen LogP contribution in [0.5, 0.6) is 5.75 Å². The lowest BCUT2D eigenvalue weighted by Gasteiger charge is -2.09. The van der Waals surface area contributed by atoms with Gasteiger partial charge in [-0.2, -0.15) is 5.26 Å². The van der Waals surface area contributed by atoms with E-state index in [1.54, 1.807) is 30.3 Å². The van der Waals surface area contributed by atoms with Crippen LogP contribution in [0.4, 0.5) is 0 Å². The zero-order valence-electron chi connectivity index (χ0n) is 14.1. The molecule has 3 rings (SSSR count). The number of carbonyl (C=O) groups is 1. The first-order chi connectivity index (χ1) is 12.1. The van der Waals surface area contributed by atoms with E-state index in [0.29, 0.717) is 16.9 Å². The molecule has 0 aliphatic heterocycles. The maximum Gasteiger partial charge on any atom is 0.343 e. The molecule has 122 valence electrons. The largest absolute Gasteiger partial charge is 0.423 e. The summed E-state index contributed by atoms with van der Waals surface area (Å²) in [6.07, 6.45) is 0. The minimum atomic E-state index is -0.354. The Bertz CT molecular complexity index is 949. The molecule has 0 N–H and O–H groups in total. The molecule has 3 nitrogen and oxygen atoms in total. The quantitative estimate of drug-likeness (QED) is 0.499. The molecule has 3 aromatic carbocycles. The van der Waals surface area contributed by atoms with Crippen molar-refractivity contribution in [2.45, 2.75) is 13.8 Å². The minimum absolute atomic E-state index is 0.354. The van der Waals surface area contributed by atoms with Gasteiger partial charge in [0.2, 0.25) is 0 Å². The molecular weight excluding hydrogens is 310 g/mol. The number of aryl methyl sites for hydroxylation is 1. The van der Waals surface area contributed by atoms with Crippen LogP contribution in [0, 0.1) is 25.2 Å². The van der Waals surface area contributed by atoms with Crippen LogP contribution in [0.2, 0.25) is 0 Å². The highest BCUT2D eigenvalue weighted by molar-refractivity contribution is 5.93. The van der Waals surface area contributed by atoms with Crippen molar-refractivity contribution >= 4 is 5.97 Å². The summed E-state index contributed by atoms with van der Waals surface area (Å²) in [6.45, 7) is 3.89. The van der Waals surface area contributed by atoms with Crippen molar-refractivity contribution in [1.29, 1.82) is 5.26 Å². The smallest absolute Gasteiger partial charge is 0.343 e. The Morgan fingerprint density at radius 1 is 0.880 bits per heavy atom. The van der Waals surface area contributed by atoms with Crippen molar-refractivity contribution < 1.29 is 9.53 Å². The molecule has 0 aliphatic carbocycles. The van der Waals surface area contributed by atoms with Crippen LogP contribution in [0.3, 0.4) is 0 Å². The van der Waals surface area contributed by atoms with E-state index >= 15 is 0 Å². The second-order valence-electron chi connectivity index (χ2n) is 5.85. The van der Waals surface area contributed by atoms with Gasteiger partial charge in [-0.1, -0.05) is 36.4 Å². The Morgan fingerprint density at radius 3 is 2.08 bits per heavy atom. The van der Waals surface area contributed by atoms with Gasteiger partial charge in [0.25, 0.3) is 0 Å². The molecule has 3 aromatic rings. The predicted molar refractivity (Wildman–Crippen MR) is 97.5 cm³/mol. The number of hydrogen-bond acceptors (Lipinski definition) is 3. The molecule has 0 aromatic heterocycles. The fourth-order valence-corrected chi connectivity index (χ4v) is 2.59. The molecule has 0 atom stereocenters. The zero-order valence-corrected chi connectivity index (χ0v) is 14.1. The van der Waals surface area contributed by atoms with Crippen LogP contribution in [-0.4, -0.2) is 5.97 Å². The average molecular weight is 327 g/mol. The predicted octanol–water partition coefficient (Wildman–Crippen LogP) is 5.06. The highest BCUT2D eigenvalue weighted by atomic mass is 16.5. The maximum atomic E-state index is 12.4. The normalized spacial score (nSPS) is 10.1. The third-order valence-electron chi connectivity index (χ3n) is 4.24. The number of rotatable bonds is 3. The molecule has 25 heavy (non-hydrogen) atoms. The topological polar surface area (TPSA) is 50.1 Å². The molecule has 0 aliphatic rings. The van der Waals surface area contributed by atoms with Crippen LogP contribution in [0.1, 0.15) is 27.0 Å². The molecule has 0 fully saturated rings. The SMILES string of the molecule is Cc1cccc(C(=O)Oc2ccc(-c3ccc(C#N)cc3)cc2)c1C. The van der Waals surface area contributed by atoms with Gasteiger partial charge >= 0.3 is 5.97 Å². The summed E-state index contributed by atoms with van der Waals surface area (Å²) >= 11 is 0. The highest BCUT2D eigenvalue weighted by Gasteiger charge is 2.12. The van der Waals surface area contributed by atoms with Gasteiger partial charge in [0.15, 0.2) is 0 Å². The monoisotopic (exact) mass is 327 g/mol. The molecule has 0 saturated carbocycles. The van der Waals surface area contributed by atoms with E-state index in [9.17, 15) is 4.79 Å². The number of ether oxygens (including phenoxy) is 1. The first kappa shape index (κ1) is 16.5. The second kappa shape index (κ2) is 7.02. The van der Waals surface area contributed by atoms with Crippen molar-refractivity contribution in [2.75, 3.05) is 0 Å². The number of nitrogens with zero attached hydrogens (tertiary/aromatic N) is 1. The van der Waals surface area contributed by atoms with E-state index in [1.165, 1.54) is 0 Å². The van der Waals surface area contributed by atoms with Crippen molar-refractivity contribution in [1.82, 2.24) is 0 Å². The van der Waals surface area contributed by atoms with Gasteiger partial charge < -0.3 is 4.74 Å². The Balaban J connectivity index is 1.77. The zero-order chi connectivity index (χ0) is 17.8. The summed E-state index contributed by atoms with van der Waals surface area (Å²) in [5.74, 6) is 0.149.